The van der Waals surface area contributed by atoms with Crippen molar-refractivity contribution in [2.24, 2.45) is 5.92 Å². The zero-order chi connectivity index (χ0) is 13.1. The maximum Gasteiger partial charge on any atom is 0.0797 e. The molecule has 0 spiro atoms. The van der Waals surface area contributed by atoms with Crippen LogP contribution < -0.4 is 0 Å². The summed E-state index contributed by atoms with van der Waals surface area (Å²) in [5.74, 6) is 0.605. The predicted octanol–water partition coefficient (Wildman–Crippen LogP) is 3.46. The van der Waals surface area contributed by atoms with Gasteiger partial charge in [0.25, 0.3) is 0 Å². The molecule has 1 heterocycles. The highest BCUT2D eigenvalue weighted by Crippen LogP contribution is 2.31. The van der Waals surface area contributed by atoms with E-state index in [1.165, 1.54) is 16.7 Å². The van der Waals surface area contributed by atoms with E-state index in [1.807, 2.05) is 0 Å². The molecule has 18 heavy (non-hydrogen) atoms. The number of ether oxygens (including phenoxy) is 1. The van der Waals surface area contributed by atoms with Gasteiger partial charge in [0.05, 0.1) is 6.10 Å². The second kappa shape index (κ2) is 5.85. The van der Waals surface area contributed by atoms with E-state index in [4.69, 9.17) is 4.74 Å². The summed E-state index contributed by atoms with van der Waals surface area (Å²) in [5, 5.41) is 10.5. The highest BCUT2D eigenvalue weighted by atomic mass is 16.5. The Balaban J connectivity index is 2.10. The Hall–Kier alpha value is -0.860. The van der Waals surface area contributed by atoms with Gasteiger partial charge in [0, 0.05) is 13.2 Å². The zero-order valence-electron chi connectivity index (χ0n) is 11.7. The summed E-state index contributed by atoms with van der Waals surface area (Å²) in [4.78, 5) is 0. The first-order valence-corrected chi connectivity index (χ1v) is 6.91. The van der Waals surface area contributed by atoms with Gasteiger partial charge in [-0.1, -0.05) is 17.7 Å². The quantitative estimate of drug-likeness (QED) is 0.887. The summed E-state index contributed by atoms with van der Waals surface area (Å²) in [7, 11) is 0. The van der Waals surface area contributed by atoms with Crippen molar-refractivity contribution in [2.45, 2.75) is 46.1 Å². The molecule has 1 unspecified atom stereocenters. The van der Waals surface area contributed by atoms with Gasteiger partial charge < -0.3 is 9.84 Å². The molecule has 1 saturated heterocycles. The maximum atomic E-state index is 10.5. The molecular formula is C16H24O2. The van der Waals surface area contributed by atoms with Gasteiger partial charge in [-0.25, -0.2) is 0 Å². The molecule has 2 rings (SSSR count). The van der Waals surface area contributed by atoms with Gasteiger partial charge in [-0.2, -0.15) is 0 Å². The molecule has 1 fully saturated rings. The van der Waals surface area contributed by atoms with Crippen LogP contribution in [0.4, 0.5) is 0 Å². The van der Waals surface area contributed by atoms with Crippen molar-refractivity contribution < 1.29 is 9.84 Å². The number of hydrogen-bond donors (Lipinski definition) is 1. The van der Waals surface area contributed by atoms with Crippen molar-refractivity contribution in [3.8, 4) is 0 Å². The van der Waals surface area contributed by atoms with Crippen LogP contribution in [-0.2, 0) is 4.74 Å². The van der Waals surface area contributed by atoms with E-state index in [9.17, 15) is 5.11 Å². The van der Waals surface area contributed by atoms with Gasteiger partial charge in [0.15, 0.2) is 0 Å². The van der Waals surface area contributed by atoms with Crippen LogP contribution in [0.25, 0.3) is 0 Å². The fraction of sp³-hybridized carbons (Fsp3) is 0.625. The normalized spacial score (nSPS) is 18.9. The SMILES string of the molecule is Cc1cc(C)c(C(O)CC2CCOCC2)c(C)c1. The van der Waals surface area contributed by atoms with Crippen LogP contribution in [0, 0.1) is 26.7 Å². The Labute approximate surface area is 110 Å². The van der Waals surface area contributed by atoms with Gasteiger partial charge in [0.2, 0.25) is 0 Å². The van der Waals surface area contributed by atoms with E-state index in [1.54, 1.807) is 0 Å². The molecule has 2 heteroatoms. The first kappa shape index (κ1) is 13.6. The first-order valence-electron chi connectivity index (χ1n) is 6.91. The molecule has 2 nitrogen and oxygen atoms in total. The Kier molecular flexibility index (Phi) is 4.41. The van der Waals surface area contributed by atoms with Crippen molar-refractivity contribution in [1.82, 2.24) is 0 Å². The summed E-state index contributed by atoms with van der Waals surface area (Å²) in [6, 6.07) is 4.32. The number of benzene rings is 1. The molecule has 1 atom stereocenters. The minimum Gasteiger partial charge on any atom is -0.388 e. The summed E-state index contributed by atoms with van der Waals surface area (Å²) < 4.78 is 5.37. The highest BCUT2D eigenvalue weighted by molar-refractivity contribution is 5.38. The van der Waals surface area contributed by atoms with Gasteiger partial charge in [-0.15, -0.1) is 0 Å². The Morgan fingerprint density at radius 2 is 1.72 bits per heavy atom. The zero-order valence-corrected chi connectivity index (χ0v) is 11.7. The third kappa shape index (κ3) is 3.12. The van der Waals surface area contributed by atoms with Crippen molar-refractivity contribution in [2.75, 3.05) is 13.2 Å². The third-order valence-corrected chi connectivity index (χ3v) is 3.97. The second-order valence-corrected chi connectivity index (χ2v) is 5.62. The number of hydrogen-bond acceptors (Lipinski definition) is 2. The van der Waals surface area contributed by atoms with Crippen LogP contribution in [-0.4, -0.2) is 18.3 Å². The van der Waals surface area contributed by atoms with Crippen LogP contribution in [0.2, 0.25) is 0 Å². The van der Waals surface area contributed by atoms with Crippen molar-refractivity contribution in [3.05, 3.63) is 34.4 Å². The Bertz CT molecular complexity index is 383. The minimum atomic E-state index is -0.325. The smallest absolute Gasteiger partial charge is 0.0797 e. The average Bonchev–Trinajstić information content (AvgIpc) is 2.28. The van der Waals surface area contributed by atoms with Crippen LogP contribution in [0.3, 0.4) is 0 Å². The molecule has 1 N–H and O–H groups in total. The van der Waals surface area contributed by atoms with E-state index in [-0.39, 0.29) is 6.10 Å². The lowest BCUT2D eigenvalue weighted by atomic mass is 9.87. The molecule has 1 aromatic rings. The standard InChI is InChI=1S/C16H24O2/c1-11-8-12(2)16(13(3)9-11)15(17)10-14-4-6-18-7-5-14/h8-9,14-15,17H,4-7,10H2,1-3H3. The fourth-order valence-electron chi connectivity index (χ4n) is 3.13. The van der Waals surface area contributed by atoms with E-state index in [2.05, 4.69) is 32.9 Å². The topological polar surface area (TPSA) is 29.5 Å². The number of aryl methyl sites for hydroxylation is 3. The molecule has 0 aliphatic carbocycles. The predicted molar refractivity (Wildman–Crippen MR) is 73.8 cm³/mol. The van der Waals surface area contributed by atoms with E-state index >= 15 is 0 Å². The molecule has 0 saturated carbocycles. The highest BCUT2D eigenvalue weighted by Gasteiger charge is 2.21. The number of aliphatic hydroxyl groups excluding tert-OH is 1. The summed E-state index contributed by atoms with van der Waals surface area (Å²) >= 11 is 0. The van der Waals surface area contributed by atoms with Crippen molar-refractivity contribution in [1.29, 1.82) is 0 Å². The molecule has 0 bridgehead atoms. The monoisotopic (exact) mass is 248 g/mol. The Morgan fingerprint density at radius 1 is 1.17 bits per heavy atom. The summed E-state index contributed by atoms with van der Waals surface area (Å²) in [5.41, 5.74) is 4.83. The number of aliphatic hydroxyl groups is 1. The minimum absolute atomic E-state index is 0.325. The molecule has 100 valence electrons. The summed E-state index contributed by atoms with van der Waals surface area (Å²) in [6.45, 7) is 8.01. The van der Waals surface area contributed by atoms with Gasteiger partial charge >= 0.3 is 0 Å². The Morgan fingerprint density at radius 3 is 2.28 bits per heavy atom. The van der Waals surface area contributed by atoms with Gasteiger partial charge in [-0.3, -0.25) is 0 Å². The lowest BCUT2D eigenvalue weighted by Gasteiger charge is -2.26. The second-order valence-electron chi connectivity index (χ2n) is 5.62. The maximum absolute atomic E-state index is 10.5. The van der Waals surface area contributed by atoms with Crippen molar-refractivity contribution >= 4 is 0 Å². The van der Waals surface area contributed by atoms with Crippen LogP contribution in [0.1, 0.15) is 47.6 Å². The molecule has 0 radical (unpaired) electrons. The van der Waals surface area contributed by atoms with E-state index in [0.717, 1.165) is 38.0 Å². The fourth-order valence-corrected chi connectivity index (χ4v) is 3.13. The molecular weight excluding hydrogens is 224 g/mol. The molecule has 0 amide bonds. The molecule has 1 aliphatic rings. The summed E-state index contributed by atoms with van der Waals surface area (Å²) in [6.07, 6.45) is 2.71. The molecule has 1 aromatic carbocycles. The van der Waals surface area contributed by atoms with E-state index in [0.29, 0.717) is 5.92 Å². The van der Waals surface area contributed by atoms with Crippen LogP contribution in [0.15, 0.2) is 12.1 Å². The number of rotatable bonds is 3. The molecule has 0 aromatic heterocycles. The largest absolute Gasteiger partial charge is 0.388 e. The molecule has 1 aliphatic heterocycles. The van der Waals surface area contributed by atoms with Gasteiger partial charge in [0.1, 0.15) is 0 Å². The van der Waals surface area contributed by atoms with Crippen LogP contribution in [0.5, 0.6) is 0 Å². The lowest BCUT2D eigenvalue weighted by molar-refractivity contribution is 0.0433. The third-order valence-electron chi connectivity index (χ3n) is 3.97. The first-order chi connectivity index (χ1) is 8.58. The van der Waals surface area contributed by atoms with E-state index < -0.39 is 0 Å². The lowest BCUT2D eigenvalue weighted by Crippen LogP contribution is -2.18. The van der Waals surface area contributed by atoms with Crippen molar-refractivity contribution in [3.63, 3.8) is 0 Å². The van der Waals surface area contributed by atoms with Crippen LogP contribution >= 0.6 is 0 Å². The van der Waals surface area contributed by atoms with Gasteiger partial charge in [-0.05, 0) is 62.6 Å². The average molecular weight is 248 g/mol.